The van der Waals surface area contributed by atoms with Crippen LogP contribution in [0.3, 0.4) is 0 Å². The molecule has 0 amide bonds. The summed E-state index contributed by atoms with van der Waals surface area (Å²) in [7, 11) is 1.63. The van der Waals surface area contributed by atoms with E-state index in [4.69, 9.17) is 24.7 Å². The second-order valence-electron chi connectivity index (χ2n) is 3.75. The van der Waals surface area contributed by atoms with Gasteiger partial charge in [0.1, 0.15) is 23.8 Å². The van der Waals surface area contributed by atoms with Gasteiger partial charge in [0.25, 0.3) is 0 Å². The summed E-state index contributed by atoms with van der Waals surface area (Å²) in [4.78, 5) is 0. The lowest BCUT2D eigenvalue weighted by atomic mass is 10.3. The van der Waals surface area contributed by atoms with E-state index in [2.05, 4.69) is 0 Å². The topological polar surface area (TPSA) is 83.2 Å². The van der Waals surface area contributed by atoms with Crippen LogP contribution in [0.2, 0.25) is 0 Å². The first-order valence-corrected chi connectivity index (χ1v) is 6.10. The molecule has 0 saturated carbocycles. The zero-order valence-electron chi connectivity index (χ0n) is 11.1. The average molecular weight is 271 g/mol. The minimum Gasteiger partial charge on any atom is -0.506 e. The van der Waals surface area contributed by atoms with E-state index in [0.29, 0.717) is 45.4 Å². The van der Waals surface area contributed by atoms with Gasteiger partial charge in [0, 0.05) is 7.11 Å². The van der Waals surface area contributed by atoms with Crippen molar-refractivity contribution in [2.45, 2.75) is 0 Å². The average Bonchev–Trinajstić information content (AvgIpc) is 2.41. The number of aromatic hydroxyl groups is 1. The maximum atomic E-state index is 9.38. The monoisotopic (exact) mass is 271 g/mol. The molecule has 0 radical (unpaired) electrons. The van der Waals surface area contributed by atoms with Crippen LogP contribution in [0.1, 0.15) is 0 Å². The first kappa shape index (κ1) is 15.6. The summed E-state index contributed by atoms with van der Waals surface area (Å²) in [5.74, 6) is 0.477. The number of hydrogen-bond donors (Lipinski definition) is 2. The van der Waals surface area contributed by atoms with Gasteiger partial charge in [0.2, 0.25) is 0 Å². The van der Waals surface area contributed by atoms with Gasteiger partial charge in [-0.05, 0) is 12.1 Å². The largest absolute Gasteiger partial charge is 0.506 e. The van der Waals surface area contributed by atoms with E-state index in [9.17, 15) is 5.11 Å². The van der Waals surface area contributed by atoms with Crippen molar-refractivity contribution in [2.75, 3.05) is 52.5 Å². The number of rotatable bonds is 10. The lowest BCUT2D eigenvalue weighted by Gasteiger charge is -2.10. The molecule has 3 N–H and O–H groups in total. The highest BCUT2D eigenvalue weighted by Crippen LogP contribution is 2.29. The van der Waals surface area contributed by atoms with E-state index >= 15 is 0 Å². The van der Waals surface area contributed by atoms with Crippen molar-refractivity contribution in [1.82, 2.24) is 0 Å². The molecule has 0 spiro atoms. The number of anilines is 1. The van der Waals surface area contributed by atoms with Crippen LogP contribution in [0.15, 0.2) is 18.2 Å². The van der Waals surface area contributed by atoms with Gasteiger partial charge in [-0.3, -0.25) is 0 Å². The van der Waals surface area contributed by atoms with E-state index < -0.39 is 0 Å². The molecule has 0 aliphatic heterocycles. The Bertz CT molecular complexity index is 359. The molecular formula is C13H21NO5. The molecule has 1 aromatic carbocycles. The van der Waals surface area contributed by atoms with Gasteiger partial charge < -0.3 is 29.8 Å². The number of nitrogens with two attached hydrogens (primary N) is 1. The fourth-order valence-electron chi connectivity index (χ4n) is 1.33. The lowest BCUT2D eigenvalue weighted by Crippen LogP contribution is -2.12. The molecular weight excluding hydrogens is 250 g/mol. The molecule has 0 aliphatic carbocycles. The summed E-state index contributed by atoms with van der Waals surface area (Å²) in [5.41, 5.74) is 5.88. The Balaban J connectivity index is 2.03. The molecule has 0 heterocycles. The minimum atomic E-state index is 0.0185. The van der Waals surface area contributed by atoms with Crippen molar-refractivity contribution < 1.29 is 24.1 Å². The van der Waals surface area contributed by atoms with Crippen LogP contribution in [0.4, 0.5) is 5.69 Å². The number of nitrogen functional groups attached to an aromatic ring is 1. The van der Waals surface area contributed by atoms with E-state index in [1.54, 1.807) is 19.2 Å². The molecule has 19 heavy (non-hydrogen) atoms. The first-order valence-electron chi connectivity index (χ1n) is 6.10. The fraction of sp³-hybridized carbons (Fsp3) is 0.538. The molecule has 1 aromatic rings. The maximum absolute atomic E-state index is 9.38. The van der Waals surface area contributed by atoms with Gasteiger partial charge in [-0.25, -0.2) is 0 Å². The van der Waals surface area contributed by atoms with E-state index in [0.717, 1.165) is 0 Å². The minimum absolute atomic E-state index is 0.0185. The van der Waals surface area contributed by atoms with Crippen LogP contribution in [-0.4, -0.2) is 51.9 Å². The van der Waals surface area contributed by atoms with Gasteiger partial charge in [-0.15, -0.1) is 0 Å². The fourth-order valence-corrected chi connectivity index (χ4v) is 1.33. The number of para-hydroxylation sites is 1. The van der Waals surface area contributed by atoms with Crippen LogP contribution in [0, 0.1) is 0 Å². The molecule has 1 rings (SSSR count). The number of ether oxygens (including phenoxy) is 4. The number of benzene rings is 1. The molecule has 0 saturated heterocycles. The lowest BCUT2D eigenvalue weighted by molar-refractivity contribution is 0.0180. The Hall–Kier alpha value is -1.50. The second kappa shape index (κ2) is 9.43. The number of phenols is 1. The third-order valence-corrected chi connectivity index (χ3v) is 2.33. The smallest absolute Gasteiger partial charge is 0.146 e. The quantitative estimate of drug-likeness (QED) is 0.376. The summed E-state index contributed by atoms with van der Waals surface area (Å²) in [6, 6.07) is 4.88. The summed E-state index contributed by atoms with van der Waals surface area (Å²) < 4.78 is 20.8. The van der Waals surface area contributed by atoms with Crippen LogP contribution < -0.4 is 10.5 Å². The summed E-state index contributed by atoms with van der Waals surface area (Å²) in [5, 5.41) is 9.38. The number of hydrogen-bond acceptors (Lipinski definition) is 6. The zero-order valence-corrected chi connectivity index (χ0v) is 11.1. The molecule has 0 fully saturated rings. The molecule has 0 unspecified atom stereocenters. The standard InChI is InChI=1S/C13H21NO5/c1-16-5-6-17-7-8-18-9-10-19-12-4-2-3-11(15)13(12)14/h2-4,15H,5-10,14H2,1H3. The van der Waals surface area contributed by atoms with Crippen molar-refractivity contribution in [3.05, 3.63) is 18.2 Å². The molecule has 6 heteroatoms. The van der Waals surface area contributed by atoms with Crippen molar-refractivity contribution in [1.29, 1.82) is 0 Å². The SMILES string of the molecule is COCCOCCOCCOc1cccc(O)c1N. The van der Waals surface area contributed by atoms with Crippen LogP contribution in [0.5, 0.6) is 11.5 Å². The van der Waals surface area contributed by atoms with Gasteiger partial charge in [0.05, 0.1) is 33.0 Å². The predicted octanol–water partition coefficient (Wildman–Crippen LogP) is 1.03. The predicted molar refractivity (Wildman–Crippen MR) is 71.5 cm³/mol. The number of phenolic OH excluding ortho intramolecular Hbond substituents is 1. The molecule has 0 bridgehead atoms. The Labute approximate surface area is 113 Å². The highest BCUT2D eigenvalue weighted by molar-refractivity contribution is 5.61. The van der Waals surface area contributed by atoms with Crippen LogP contribution in [-0.2, 0) is 14.2 Å². The van der Waals surface area contributed by atoms with Crippen molar-refractivity contribution in [2.24, 2.45) is 0 Å². The van der Waals surface area contributed by atoms with Crippen LogP contribution >= 0.6 is 0 Å². The third kappa shape index (κ3) is 6.28. The van der Waals surface area contributed by atoms with E-state index in [1.165, 1.54) is 6.07 Å². The summed E-state index contributed by atoms with van der Waals surface area (Å²) >= 11 is 0. The van der Waals surface area contributed by atoms with Gasteiger partial charge in [0.15, 0.2) is 0 Å². The van der Waals surface area contributed by atoms with Crippen molar-refractivity contribution in [3.8, 4) is 11.5 Å². The molecule has 6 nitrogen and oxygen atoms in total. The second-order valence-corrected chi connectivity index (χ2v) is 3.75. The Morgan fingerprint density at radius 3 is 2.32 bits per heavy atom. The van der Waals surface area contributed by atoms with E-state index in [-0.39, 0.29) is 11.4 Å². The van der Waals surface area contributed by atoms with Gasteiger partial charge >= 0.3 is 0 Å². The normalized spacial score (nSPS) is 10.6. The van der Waals surface area contributed by atoms with E-state index in [1.807, 2.05) is 0 Å². The summed E-state index contributed by atoms with van der Waals surface area (Å²) in [6.45, 7) is 2.98. The maximum Gasteiger partial charge on any atom is 0.146 e. The van der Waals surface area contributed by atoms with Crippen LogP contribution in [0.25, 0.3) is 0 Å². The van der Waals surface area contributed by atoms with Crippen molar-refractivity contribution >= 4 is 5.69 Å². The van der Waals surface area contributed by atoms with Gasteiger partial charge in [-0.2, -0.15) is 0 Å². The summed E-state index contributed by atoms with van der Waals surface area (Å²) in [6.07, 6.45) is 0. The highest BCUT2D eigenvalue weighted by atomic mass is 16.6. The number of methoxy groups -OCH3 is 1. The Morgan fingerprint density at radius 1 is 1.00 bits per heavy atom. The van der Waals surface area contributed by atoms with Gasteiger partial charge in [-0.1, -0.05) is 6.07 Å². The first-order chi connectivity index (χ1) is 9.25. The molecule has 0 aliphatic rings. The third-order valence-electron chi connectivity index (χ3n) is 2.33. The Morgan fingerprint density at radius 2 is 1.63 bits per heavy atom. The molecule has 0 aromatic heterocycles. The highest BCUT2D eigenvalue weighted by Gasteiger charge is 2.03. The van der Waals surface area contributed by atoms with Crippen molar-refractivity contribution in [3.63, 3.8) is 0 Å². The Kier molecular flexibility index (Phi) is 7.72. The molecule has 0 atom stereocenters. The zero-order chi connectivity index (χ0) is 13.9. The molecule has 108 valence electrons.